The van der Waals surface area contributed by atoms with Crippen molar-refractivity contribution in [3.63, 3.8) is 0 Å². The Hall–Kier alpha value is -3.42. The molecule has 0 radical (unpaired) electrons. The van der Waals surface area contributed by atoms with Crippen LogP contribution in [-0.2, 0) is 6.54 Å². The van der Waals surface area contributed by atoms with E-state index in [4.69, 9.17) is 4.74 Å². The number of pyridine rings is 1. The number of H-pyrrole nitrogens is 1. The number of aromatic amines is 1. The third-order valence-electron chi connectivity index (χ3n) is 4.37. The molecule has 0 fully saturated rings. The molecule has 0 atom stereocenters. The van der Waals surface area contributed by atoms with Crippen LogP contribution in [0.1, 0.15) is 30.8 Å². The normalized spacial score (nSPS) is 11.0. The maximum atomic E-state index is 12.7. The molecule has 0 bridgehead atoms. The zero-order valence-electron chi connectivity index (χ0n) is 16.0. The molecule has 2 heterocycles. The van der Waals surface area contributed by atoms with E-state index < -0.39 is 11.3 Å². The summed E-state index contributed by atoms with van der Waals surface area (Å²) in [4.78, 5) is 44.0. The molecule has 3 aromatic rings. The molecular weight excluding hydrogens is 360 g/mol. The van der Waals surface area contributed by atoms with Gasteiger partial charge in [0.05, 0.1) is 24.3 Å². The average Bonchev–Trinajstić information content (AvgIpc) is 2.67. The predicted molar refractivity (Wildman–Crippen MR) is 107 cm³/mol. The SMILES string of the molecule is COc1c[nH]c(C(=O)Nc2ccc3ncn(CCC(C)C)c(=O)c3c2)cc1=O. The van der Waals surface area contributed by atoms with Gasteiger partial charge < -0.3 is 15.0 Å². The summed E-state index contributed by atoms with van der Waals surface area (Å²) in [5.74, 6) is 0.0956. The average molecular weight is 382 g/mol. The fourth-order valence-corrected chi connectivity index (χ4v) is 2.74. The molecule has 2 aromatic heterocycles. The van der Waals surface area contributed by atoms with Crippen LogP contribution in [0.2, 0.25) is 0 Å². The minimum atomic E-state index is -0.497. The molecule has 0 saturated heterocycles. The summed E-state index contributed by atoms with van der Waals surface area (Å²) in [6.07, 6.45) is 3.75. The molecular formula is C20H22N4O4. The Kier molecular flexibility index (Phi) is 5.58. The van der Waals surface area contributed by atoms with Gasteiger partial charge in [-0.2, -0.15) is 0 Å². The molecule has 2 N–H and O–H groups in total. The summed E-state index contributed by atoms with van der Waals surface area (Å²) >= 11 is 0. The highest BCUT2D eigenvalue weighted by atomic mass is 16.5. The summed E-state index contributed by atoms with van der Waals surface area (Å²) in [6.45, 7) is 4.77. The quantitative estimate of drug-likeness (QED) is 0.681. The third kappa shape index (κ3) is 4.11. The Labute approximate surface area is 161 Å². The highest BCUT2D eigenvalue weighted by Crippen LogP contribution is 2.15. The number of fused-ring (bicyclic) bond motifs is 1. The number of hydrogen-bond donors (Lipinski definition) is 2. The summed E-state index contributed by atoms with van der Waals surface area (Å²) in [6, 6.07) is 6.09. The van der Waals surface area contributed by atoms with Crippen molar-refractivity contribution in [2.45, 2.75) is 26.8 Å². The minimum absolute atomic E-state index is 0.0893. The van der Waals surface area contributed by atoms with E-state index >= 15 is 0 Å². The number of ether oxygens (including phenoxy) is 1. The molecule has 1 aromatic carbocycles. The van der Waals surface area contributed by atoms with Crippen molar-refractivity contribution in [2.24, 2.45) is 5.92 Å². The van der Waals surface area contributed by atoms with Crippen LogP contribution in [0, 0.1) is 5.92 Å². The van der Waals surface area contributed by atoms with Gasteiger partial charge in [-0.3, -0.25) is 19.0 Å². The van der Waals surface area contributed by atoms with Crippen LogP contribution < -0.4 is 21.0 Å². The number of amides is 1. The van der Waals surface area contributed by atoms with Crippen molar-refractivity contribution in [1.82, 2.24) is 14.5 Å². The molecule has 3 rings (SSSR count). The van der Waals surface area contributed by atoms with Gasteiger partial charge in [-0.1, -0.05) is 13.8 Å². The zero-order valence-corrected chi connectivity index (χ0v) is 16.0. The van der Waals surface area contributed by atoms with E-state index in [1.807, 2.05) is 0 Å². The van der Waals surface area contributed by atoms with Gasteiger partial charge in [0.15, 0.2) is 5.75 Å². The molecule has 0 unspecified atom stereocenters. The van der Waals surface area contributed by atoms with Crippen LogP contribution in [0.15, 0.2) is 46.4 Å². The standard InChI is InChI=1S/C20H22N4O4/c1-12(2)6-7-24-11-22-15-5-4-13(8-14(15)20(24)27)23-19(26)16-9-17(25)18(28-3)10-21-16/h4-5,8-12H,6-7H2,1-3H3,(H,21,25)(H,23,26). The van der Waals surface area contributed by atoms with Crippen LogP contribution in [0.3, 0.4) is 0 Å². The van der Waals surface area contributed by atoms with E-state index in [0.29, 0.717) is 29.1 Å². The number of nitrogens with zero attached hydrogens (tertiary/aromatic N) is 2. The van der Waals surface area contributed by atoms with Crippen LogP contribution in [0.5, 0.6) is 5.75 Å². The number of methoxy groups -OCH3 is 1. The maximum Gasteiger partial charge on any atom is 0.272 e. The lowest BCUT2D eigenvalue weighted by atomic mass is 10.1. The van der Waals surface area contributed by atoms with E-state index in [1.165, 1.54) is 13.3 Å². The third-order valence-corrected chi connectivity index (χ3v) is 4.37. The van der Waals surface area contributed by atoms with Gasteiger partial charge in [-0.05, 0) is 30.5 Å². The second-order valence-corrected chi connectivity index (χ2v) is 6.89. The molecule has 1 amide bonds. The molecule has 0 spiro atoms. The number of nitrogens with one attached hydrogen (secondary N) is 2. The fraction of sp³-hybridized carbons (Fsp3) is 0.300. The molecule has 0 aliphatic carbocycles. The van der Waals surface area contributed by atoms with Crippen molar-refractivity contribution < 1.29 is 9.53 Å². The van der Waals surface area contributed by atoms with Crippen molar-refractivity contribution in [3.05, 3.63) is 63.1 Å². The first-order valence-corrected chi connectivity index (χ1v) is 8.96. The Bertz CT molecular complexity index is 1130. The van der Waals surface area contributed by atoms with Gasteiger partial charge in [0.2, 0.25) is 5.43 Å². The smallest absolute Gasteiger partial charge is 0.272 e. The van der Waals surface area contributed by atoms with Gasteiger partial charge in [-0.15, -0.1) is 0 Å². The molecule has 28 heavy (non-hydrogen) atoms. The summed E-state index contributed by atoms with van der Waals surface area (Å²) in [7, 11) is 1.38. The lowest BCUT2D eigenvalue weighted by Gasteiger charge is -2.10. The molecule has 8 heteroatoms. The molecule has 0 aliphatic heterocycles. The predicted octanol–water partition coefficient (Wildman–Crippen LogP) is 2.39. The van der Waals surface area contributed by atoms with Crippen molar-refractivity contribution in [2.75, 3.05) is 12.4 Å². The number of anilines is 1. The number of aryl methyl sites for hydroxylation is 1. The Morgan fingerprint density at radius 3 is 2.75 bits per heavy atom. The second kappa shape index (κ2) is 8.08. The summed E-state index contributed by atoms with van der Waals surface area (Å²) < 4.78 is 6.46. The maximum absolute atomic E-state index is 12.7. The van der Waals surface area contributed by atoms with Gasteiger partial charge >= 0.3 is 0 Å². The highest BCUT2D eigenvalue weighted by Gasteiger charge is 2.11. The number of benzene rings is 1. The second-order valence-electron chi connectivity index (χ2n) is 6.89. The number of carbonyl (C=O) groups excluding carboxylic acids is 1. The number of aromatic nitrogens is 3. The lowest BCUT2D eigenvalue weighted by molar-refractivity contribution is 0.102. The van der Waals surface area contributed by atoms with E-state index in [9.17, 15) is 14.4 Å². The van der Waals surface area contributed by atoms with Gasteiger partial charge in [0, 0.05) is 24.5 Å². The van der Waals surface area contributed by atoms with Crippen molar-refractivity contribution in [3.8, 4) is 5.75 Å². The van der Waals surface area contributed by atoms with Gasteiger partial charge in [-0.25, -0.2) is 4.98 Å². The first-order chi connectivity index (χ1) is 13.4. The molecule has 0 saturated carbocycles. The zero-order chi connectivity index (χ0) is 20.3. The number of carbonyl (C=O) groups is 1. The largest absolute Gasteiger partial charge is 0.491 e. The molecule has 0 aliphatic rings. The van der Waals surface area contributed by atoms with Crippen LogP contribution >= 0.6 is 0 Å². The minimum Gasteiger partial charge on any atom is -0.491 e. The van der Waals surface area contributed by atoms with Gasteiger partial charge in [0.1, 0.15) is 5.69 Å². The Morgan fingerprint density at radius 2 is 2.07 bits per heavy atom. The number of rotatable bonds is 6. The monoisotopic (exact) mass is 382 g/mol. The lowest BCUT2D eigenvalue weighted by Crippen LogP contribution is -2.22. The van der Waals surface area contributed by atoms with E-state index in [-0.39, 0.29) is 17.0 Å². The van der Waals surface area contributed by atoms with Crippen LogP contribution in [0.25, 0.3) is 10.9 Å². The van der Waals surface area contributed by atoms with Crippen LogP contribution in [-0.4, -0.2) is 27.6 Å². The highest BCUT2D eigenvalue weighted by molar-refractivity contribution is 6.03. The van der Waals surface area contributed by atoms with Crippen molar-refractivity contribution >= 4 is 22.5 Å². The van der Waals surface area contributed by atoms with Crippen molar-refractivity contribution in [1.29, 1.82) is 0 Å². The Morgan fingerprint density at radius 1 is 1.29 bits per heavy atom. The topological polar surface area (TPSA) is 106 Å². The van der Waals surface area contributed by atoms with E-state index in [1.54, 1.807) is 29.1 Å². The fourth-order valence-electron chi connectivity index (χ4n) is 2.74. The summed E-state index contributed by atoms with van der Waals surface area (Å²) in [5, 5.41) is 3.11. The van der Waals surface area contributed by atoms with Gasteiger partial charge in [0.25, 0.3) is 11.5 Å². The molecule has 8 nitrogen and oxygen atoms in total. The number of hydrogen-bond acceptors (Lipinski definition) is 5. The summed E-state index contributed by atoms with van der Waals surface area (Å²) in [5.41, 5.74) is 0.532. The first kappa shape index (κ1) is 19.3. The first-order valence-electron chi connectivity index (χ1n) is 8.96. The van der Waals surface area contributed by atoms with E-state index in [2.05, 4.69) is 29.1 Å². The van der Waals surface area contributed by atoms with Crippen LogP contribution in [0.4, 0.5) is 5.69 Å². The van der Waals surface area contributed by atoms with E-state index in [0.717, 1.165) is 12.5 Å². The Balaban J connectivity index is 1.88. The molecule has 146 valence electrons.